The first-order valence-corrected chi connectivity index (χ1v) is 4.60. The molecule has 0 aromatic heterocycles. The van der Waals surface area contributed by atoms with Crippen molar-refractivity contribution < 1.29 is 23.0 Å². The minimum Gasteiger partial charge on any atom is -0.444 e. The molecule has 0 fully saturated rings. The number of rotatable bonds is 4. The number of halogens is 2. The van der Waals surface area contributed by atoms with Gasteiger partial charge in [-0.05, 0) is 27.7 Å². The molecule has 0 aromatic carbocycles. The Morgan fingerprint density at radius 3 is 2.33 bits per heavy atom. The van der Waals surface area contributed by atoms with Gasteiger partial charge in [0, 0.05) is 0 Å². The van der Waals surface area contributed by atoms with E-state index in [1.807, 2.05) is 0 Å². The third kappa shape index (κ3) is 9.40. The summed E-state index contributed by atoms with van der Waals surface area (Å²) >= 11 is 0. The lowest BCUT2D eigenvalue weighted by Gasteiger charge is -2.21. The summed E-state index contributed by atoms with van der Waals surface area (Å²) in [6, 6.07) is -0.520. The standard InChI is InChI=1S/C9H17F2NO3/c1-6(5-14-7(10)11)12-8(13)15-9(2,3)4/h6-7H,5H2,1-4H3,(H,12,13)/t6-/m0/s1. The van der Waals surface area contributed by atoms with Gasteiger partial charge in [-0.1, -0.05) is 0 Å². The summed E-state index contributed by atoms with van der Waals surface area (Å²) in [5.41, 5.74) is -0.604. The molecule has 0 bridgehead atoms. The van der Waals surface area contributed by atoms with Gasteiger partial charge in [-0.3, -0.25) is 0 Å². The molecule has 0 saturated heterocycles. The van der Waals surface area contributed by atoms with E-state index in [0.717, 1.165) is 0 Å². The van der Waals surface area contributed by atoms with Crippen LogP contribution >= 0.6 is 0 Å². The van der Waals surface area contributed by atoms with E-state index in [2.05, 4.69) is 10.1 Å². The van der Waals surface area contributed by atoms with Crippen molar-refractivity contribution in [2.75, 3.05) is 6.61 Å². The topological polar surface area (TPSA) is 47.6 Å². The molecule has 0 spiro atoms. The molecule has 0 unspecified atom stereocenters. The summed E-state index contributed by atoms with van der Waals surface area (Å²) in [6.45, 7) is 3.61. The second kappa shape index (κ2) is 5.85. The largest absolute Gasteiger partial charge is 0.444 e. The van der Waals surface area contributed by atoms with Gasteiger partial charge in [0.15, 0.2) is 0 Å². The van der Waals surface area contributed by atoms with Crippen LogP contribution in [0.5, 0.6) is 0 Å². The van der Waals surface area contributed by atoms with Crippen LogP contribution in [0, 0.1) is 0 Å². The number of carbonyl (C=O) groups is 1. The van der Waals surface area contributed by atoms with Gasteiger partial charge in [0.05, 0.1) is 12.6 Å². The maximum atomic E-state index is 11.6. The Balaban J connectivity index is 3.77. The quantitative estimate of drug-likeness (QED) is 0.797. The van der Waals surface area contributed by atoms with Gasteiger partial charge in [-0.15, -0.1) is 0 Å². The van der Waals surface area contributed by atoms with E-state index in [4.69, 9.17) is 4.74 Å². The molecule has 0 radical (unpaired) electrons. The van der Waals surface area contributed by atoms with Gasteiger partial charge >= 0.3 is 12.7 Å². The molecule has 1 N–H and O–H groups in total. The van der Waals surface area contributed by atoms with Crippen LogP contribution in [0.25, 0.3) is 0 Å². The summed E-state index contributed by atoms with van der Waals surface area (Å²) in [4.78, 5) is 11.1. The first kappa shape index (κ1) is 14.1. The highest BCUT2D eigenvalue weighted by Gasteiger charge is 2.18. The number of ether oxygens (including phenoxy) is 2. The normalized spacial score (nSPS) is 13.8. The van der Waals surface area contributed by atoms with E-state index in [1.54, 1.807) is 27.7 Å². The van der Waals surface area contributed by atoms with Crippen LogP contribution in [-0.4, -0.2) is 31.0 Å². The summed E-state index contributed by atoms with van der Waals surface area (Å²) < 4.78 is 32.2. The molecule has 0 saturated carbocycles. The minimum absolute atomic E-state index is 0.253. The van der Waals surface area contributed by atoms with Gasteiger partial charge in [0.2, 0.25) is 0 Å². The van der Waals surface area contributed by atoms with Crippen molar-refractivity contribution in [1.29, 1.82) is 0 Å². The van der Waals surface area contributed by atoms with Crippen LogP contribution in [0.4, 0.5) is 13.6 Å². The lowest BCUT2D eigenvalue weighted by molar-refractivity contribution is -0.132. The van der Waals surface area contributed by atoms with Gasteiger partial charge in [0.25, 0.3) is 0 Å². The number of carbonyl (C=O) groups excluding carboxylic acids is 1. The molecule has 0 aromatic rings. The lowest BCUT2D eigenvalue weighted by Crippen LogP contribution is -2.40. The van der Waals surface area contributed by atoms with E-state index < -0.39 is 24.3 Å². The molecule has 4 nitrogen and oxygen atoms in total. The van der Waals surface area contributed by atoms with Crippen molar-refractivity contribution in [2.24, 2.45) is 0 Å². The third-order valence-corrected chi connectivity index (χ3v) is 1.24. The van der Waals surface area contributed by atoms with Crippen molar-refractivity contribution in [3.8, 4) is 0 Å². The predicted molar refractivity (Wildman–Crippen MR) is 50.8 cm³/mol. The minimum atomic E-state index is -2.83. The molecule has 0 aliphatic carbocycles. The molecule has 15 heavy (non-hydrogen) atoms. The van der Waals surface area contributed by atoms with Gasteiger partial charge in [-0.2, -0.15) is 8.78 Å². The summed E-state index contributed by atoms with van der Waals surface area (Å²) in [7, 11) is 0. The molecule has 0 heterocycles. The SMILES string of the molecule is C[C@@H](COC(F)F)NC(=O)OC(C)(C)C. The Labute approximate surface area is 87.9 Å². The van der Waals surface area contributed by atoms with Crippen molar-refractivity contribution in [3.05, 3.63) is 0 Å². The maximum absolute atomic E-state index is 11.6. The smallest absolute Gasteiger partial charge is 0.407 e. The van der Waals surface area contributed by atoms with Crippen LogP contribution in [-0.2, 0) is 9.47 Å². The van der Waals surface area contributed by atoms with Crippen LogP contribution in [0.15, 0.2) is 0 Å². The molecule has 0 rings (SSSR count). The number of amides is 1. The fourth-order valence-corrected chi connectivity index (χ4v) is 0.767. The fourth-order valence-electron chi connectivity index (χ4n) is 0.767. The van der Waals surface area contributed by atoms with E-state index in [-0.39, 0.29) is 6.61 Å². The highest BCUT2D eigenvalue weighted by molar-refractivity contribution is 5.68. The number of alkyl halides is 2. The molecule has 90 valence electrons. The number of hydrogen-bond acceptors (Lipinski definition) is 3. The summed E-state index contributed by atoms with van der Waals surface area (Å²) in [6.07, 6.45) is -0.645. The number of nitrogens with one attached hydrogen (secondary N) is 1. The molecule has 1 amide bonds. The number of hydrogen-bond donors (Lipinski definition) is 1. The summed E-state index contributed by atoms with van der Waals surface area (Å²) in [5, 5.41) is 2.37. The predicted octanol–water partition coefficient (Wildman–Crippen LogP) is 2.14. The summed E-state index contributed by atoms with van der Waals surface area (Å²) in [5.74, 6) is 0. The Morgan fingerprint density at radius 2 is 1.93 bits per heavy atom. The zero-order valence-electron chi connectivity index (χ0n) is 9.34. The van der Waals surface area contributed by atoms with Crippen LogP contribution in [0.1, 0.15) is 27.7 Å². The molecule has 6 heteroatoms. The van der Waals surface area contributed by atoms with Gasteiger partial charge < -0.3 is 14.8 Å². The Kier molecular flexibility index (Phi) is 5.49. The average Bonchev–Trinajstić information content (AvgIpc) is 1.96. The van der Waals surface area contributed by atoms with Crippen molar-refractivity contribution in [3.63, 3.8) is 0 Å². The second-order valence-corrected chi connectivity index (χ2v) is 4.14. The first-order valence-electron chi connectivity index (χ1n) is 4.60. The zero-order valence-corrected chi connectivity index (χ0v) is 9.34. The average molecular weight is 225 g/mol. The second-order valence-electron chi connectivity index (χ2n) is 4.14. The Bertz CT molecular complexity index is 204. The van der Waals surface area contributed by atoms with E-state index >= 15 is 0 Å². The maximum Gasteiger partial charge on any atom is 0.407 e. The lowest BCUT2D eigenvalue weighted by atomic mass is 10.2. The highest BCUT2D eigenvalue weighted by atomic mass is 19.3. The van der Waals surface area contributed by atoms with E-state index in [0.29, 0.717) is 0 Å². The van der Waals surface area contributed by atoms with Crippen molar-refractivity contribution >= 4 is 6.09 Å². The van der Waals surface area contributed by atoms with Crippen LogP contribution in [0.3, 0.4) is 0 Å². The molecular formula is C9H17F2NO3. The van der Waals surface area contributed by atoms with E-state index in [1.165, 1.54) is 0 Å². The van der Waals surface area contributed by atoms with Crippen molar-refractivity contribution in [2.45, 2.75) is 45.9 Å². The van der Waals surface area contributed by atoms with Crippen LogP contribution in [0.2, 0.25) is 0 Å². The molecule has 1 atom stereocenters. The van der Waals surface area contributed by atoms with E-state index in [9.17, 15) is 13.6 Å². The monoisotopic (exact) mass is 225 g/mol. The van der Waals surface area contributed by atoms with Gasteiger partial charge in [-0.25, -0.2) is 4.79 Å². The molecular weight excluding hydrogens is 208 g/mol. The fraction of sp³-hybridized carbons (Fsp3) is 0.889. The Morgan fingerprint density at radius 1 is 1.40 bits per heavy atom. The molecule has 0 aliphatic heterocycles. The van der Waals surface area contributed by atoms with Crippen LogP contribution < -0.4 is 5.32 Å². The zero-order chi connectivity index (χ0) is 12.1. The van der Waals surface area contributed by atoms with Crippen molar-refractivity contribution in [1.82, 2.24) is 5.32 Å². The highest BCUT2D eigenvalue weighted by Crippen LogP contribution is 2.06. The Hall–Kier alpha value is -0.910. The third-order valence-electron chi connectivity index (χ3n) is 1.24. The first-order chi connectivity index (χ1) is 6.70. The molecule has 0 aliphatic rings. The van der Waals surface area contributed by atoms with Gasteiger partial charge in [0.1, 0.15) is 5.60 Å². The number of alkyl carbamates (subject to hydrolysis) is 1.